The van der Waals surface area contributed by atoms with Crippen LogP contribution in [0.25, 0.3) is 0 Å². The molecule has 9 nitrogen and oxygen atoms in total. The zero-order valence-electron chi connectivity index (χ0n) is 44.8. The minimum Gasteiger partial charge on any atom is -0.462 e. The average molecular weight is 990 g/mol. The molecule has 0 saturated heterocycles. The van der Waals surface area contributed by atoms with Crippen molar-refractivity contribution in [3.8, 4) is 0 Å². The third-order valence-electron chi connectivity index (χ3n) is 12.4. The van der Waals surface area contributed by atoms with Crippen LogP contribution in [-0.4, -0.2) is 49.3 Å². The number of allylic oxidation sites excluding steroid dienone is 10. The van der Waals surface area contributed by atoms with Crippen LogP contribution in [0.1, 0.15) is 271 Å². The van der Waals surface area contributed by atoms with E-state index in [0.717, 1.165) is 70.6 Å². The molecule has 0 aliphatic heterocycles. The average Bonchev–Trinajstić information content (AvgIpc) is 3.34. The van der Waals surface area contributed by atoms with Crippen LogP contribution in [0, 0.1) is 0 Å². The second-order valence-corrected chi connectivity index (χ2v) is 20.6. The SMILES string of the molecule is CC/C=C\C/C=C\C/C=C\C/C=C\C/C=C\CCCCCC(=O)OC(COC(=O)CCCCCCCCCCCCCCCCCCCCCCCCCCCCCCC)COP(=O)(O)OCCN. The normalized spacial score (nSPS) is 13.5. The van der Waals surface area contributed by atoms with E-state index in [-0.39, 0.29) is 38.6 Å². The lowest BCUT2D eigenvalue weighted by Gasteiger charge is -2.19. The van der Waals surface area contributed by atoms with Gasteiger partial charge in [-0.05, 0) is 57.8 Å². The van der Waals surface area contributed by atoms with Crippen molar-refractivity contribution in [2.75, 3.05) is 26.4 Å². The van der Waals surface area contributed by atoms with Gasteiger partial charge in [0, 0.05) is 19.4 Å². The van der Waals surface area contributed by atoms with Gasteiger partial charge in [-0.15, -0.1) is 0 Å². The fraction of sp³-hybridized carbons (Fsp3) is 0.797. The third kappa shape index (κ3) is 54.9. The molecule has 402 valence electrons. The quantitative estimate of drug-likeness (QED) is 0.0264. The molecular weight excluding hydrogens is 882 g/mol. The fourth-order valence-electron chi connectivity index (χ4n) is 8.19. The molecule has 2 atom stereocenters. The van der Waals surface area contributed by atoms with Gasteiger partial charge in [-0.1, -0.05) is 261 Å². The maximum atomic E-state index is 12.7. The van der Waals surface area contributed by atoms with Crippen molar-refractivity contribution < 1.29 is 37.6 Å². The summed E-state index contributed by atoms with van der Waals surface area (Å²) in [6.45, 7) is 3.62. The Bertz CT molecular complexity index is 1310. The highest BCUT2D eigenvalue weighted by Crippen LogP contribution is 2.43. The van der Waals surface area contributed by atoms with Crippen LogP contribution in [0.15, 0.2) is 60.8 Å². The molecule has 0 aromatic rings. The van der Waals surface area contributed by atoms with Gasteiger partial charge < -0.3 is 20.1 Å². The van der Waals surface area contributed by atoms with Gasteiger partial charge in [0.05, 0.1) is 13.2 Å². The zero-order valence-corrected chi connectivity index (χ0v) is 45.7. The van der Waals surface area contributed by atoms with Gasteiger partial charge in [-0.2, -0.15) is 0 Å². The minimum absolute atomic E-state index is 0.0463. The maximum Gasteiger partial charge on any atom is 0.472 e. The summed E-state index contributed by atoms with van der Waals surface area (Å²) >= 11 is 0. The highest BCUT2D eigenvalue weighted by atomic mass is 31.2. The Kier molecular flexibility index (Phi) is 53.2. The number of phosphoric ester groups is 1. The Hall–Kier alpha value is -2.29. The first-order valence-electron chi connectivity index (χ1n) is 28.8. The third-order valence-corrected chi connectivity index (χ3v) is 13.4. The maximum absolute atomic E-state index is 12.7. The minimum atomic E-state index is -4.40. The fourth-order valence-corrected chi connectivity index (χ4v) is 8.96. The van der Waals surface area contributed by atoms with Crippen LogP contribution < -0.4 is 5.73 Å². The predicted molar refractivity (Wildman–Crippen MR) is 293 cm³/mol. The molecule has 69 heavy (non-hydrogen) atoms. The molecule has 0 aromatic carbocycles. The predicted octanol–water partition coefficient (Wildman–Crippen LogP) is 18.0. The van der Waals surface area contributed by atoms with Crippen molar-refractivity contribution in [3.05, 3.63) is 60.8 Å². The van der Waals surface area contributed by atoms with E-state index in [1.54, 1.807) is 0 Å². The summed E-state index contributed by atoms with van der Waals surface area (Å²) in [5.41, 5.74) is 5.37. The number of carbonyl (C=O) groups is 2. The molecule has 0 aromatic heterocycles. The number of nitrogens with two attached hydrogens (primary N) is 1. The van der Waals surface area contributed by atoms with Crippen LogP contribution in [0.4, 0.5) is 0 Å². The molecule has 0 rings (SSSR count). The van der Waals surface area contributed by atoms with Crippen LogP contribution in [0.2, 0.25) is 0 Å². The number of phosphoric acid groups is 1. The highest BCUT2D eigenvalue weighted by Gasteiger charge is 2.26. The molecule has 0 fully saturated rings. The summed E-state index contributed by atoms with van der Waals surface area (Å²) in [6, 6.07) is 0. The van der Waals surface area contributed by atoms with E-state index in [0.29, 0.717) is 6.42 Å². The van der Waals surface area contributed by atoms with Gasteiger partial charge in [-0.25, -0.2) is 4.57 Å². The molecule has 0 spiro atoms. The number of esters is 2. The Labute approximate surface area is 425 Å². The standard InChI is InChI=1S/C59H108NO8P/c1-3-5-7-9-11-13-15-17-19-21-23-24-25-26-27-28-29-30-31-32-34-35-37-39-41-43-45-47-49-51-58(61)65-55-57(56-67-69(63,64)66-54-53-60)68-59(62)52-50-48-46-44-42-40-38-36-33-22-20-18-16-14-12-10-8-6-4-2/h6,8,12,14,18,20,33,36,40,42,57H,3-5,7,9-11,13,15-17,19,21-32,34-35,37-39,41,43-56,60H2,1-2H3,(H,63,64)/b8-6-,14-12-,20-18-,36-33-,42-40-. The lowest BCUT2D eigenvalue weighted by Crippen LogP contribution is -2.29. The zero-order chi connectivity index (χ0) is 50.2. The van der Waals surface area contributed by atoms with E-state index >= 15 is 0 Å². The molecule has 0 aliphatic rings. The van der Waals surface area contributed by atoms with Gasteiger partial charge >= 0.3 is 19.8 Å². The van der Waals surface area contributed by atoms with Crippen molar-refractivity contribution in [3.63, 3.8) is 0 Å². The molecule has 0 bridgehead atoms. The van der Waals surface area contributed by atoms with Crippen molar-refractivity contribution in [2.45, 2.75) is 277 Å². The summed E-state index contributed by atoms with van der Waals surface area (Å²) in [5, 5.41) is 0. The van der Waals surface area contributed by atoms with E-state index in [9.17, 15) is 19.0 Å². The largest absolute Gasteiger partial charge is 0.472 e. The Balaban J connectivity index is 3.95. The highest BCUT2D eigenvalue weighted by molar-refractivity contribution is 7.47. The first-order chi connectivity index (χ1) is 33.8. The lowest BCUT2D eigenvalue weighted by atomic mass is 10.0. The molecule has 0 amide bonds. The molecular formula is C59H108NO8P. The van der Waals surface area contributed by atoms with Crippen molar-refractivity contribution in [1.82, 2.24) is 0 Å². The monoisotopic (exact) mass is 990 g/mol. The van der Waals surface area contributed by atoms with Crippen molar-refractivity contribution in [1.29, 1.82) is 0 Å². The molecule has 0 heterocycles. The Morgan fingerprint density at radius 3 is 1.19 bits per heavy atom. The Morgan fingerprint density at radius 2 is 0.797 bits per heavy atom. The van der Waals surface area contributed by atoms with E-state index in [2.05, 4.69) is 74.6 Å². The summed E-state index contributed by atoms with van der Waals surface area (Å²) in [6.07, 6.45) is 68.6. The first-order valence-corrected chi connectivity index (χ1v) is 30.3. The topological polar surface area (TPSA) is 134 Å². The number of unbranched alkanes of at least 4 members (excludes halogenated alkanes) is 31. The smallest absolute Gasteiger partial charge is 0.462 e. The van der Waals surface area contributed by atoms with Gasteiger partial charge in [0.25, 0.3) is 0 Å². The molecule has 0 aliphatic carbocycles. The van der Waals surface area contributed by atoms with Crippen LogP contribution >= 0.6 is 7.82 Å². The summed E-state index contributed by atoms with van der Waals surface area (Å²) in [7, 11) is -4.40. The van der Waals surface area contributed by atoms with Gasteiger partial charge in [0.15, 0.2) is 6.10 Å². The van der Waals surface area contributed by atoms with Crippen LogP contribution in [-0.2, 0) is 32.7 Å². The van der Waals surface area contributed by atoms with E-state index in [1.807, 2.05) is 0 Å². The van der Waals surface area contributed by atoms with Gasteiger partial charge in [0.2, 0.25) is 0 Å². The number of ether oxygens (including phenoxy) is 2. The second-order valence-electron chi connectivity index (χ2n) is 19.1. The molecule has 10 heteroatoms. The molecule has 0 radical (unpaired) electrons. The van der Waals surface area contributed by atoms with E-state index in [1.165, 1.54) is 167 Å². The van der Waals surface area contributed by atoms with Gasteiger partial charge in [0.1, 0.15) is 6.61 Å². The first kappa shape index (κ1) is 66.7. The van der Waals surface area contributed by atoms with Crippen LogP contribution in [0.5, 0.6) is 0 Å². The summed E-state index contributed by atoms with van der Waals surface area (Å²) < 4.78 is 33.0. The lowest BCUT2D eigenvalue weighted by molar-refractivity contribution is -0.161. The van der Waals surface area contributed by atoms with E-state index in [4.69, 9.17) is 24.3 Å². The van der Waals surface area contributed by atoms with Crippen LogP contribution in [0.3, 0.4) is 0 Å². The van der Waals surface area contributed by atoms with E-state index < -0.39 is 26.5 Å². The second kappa shape index (κ2) is 55.0. The summed E-state index contributed by atoms with van der Waals surface area (Å²) in [4.78, 5) is 35.1. The molecule has 3 N–H and O–H groups in total. The number of carbonyl (C=O) groups excluding carboxylic acids is 2. The number of hydrogen-bond acceptors (Lipinski definition) is 8. The summed E-state index contributed by atoms with van der Waals surface area (Å²) in [5.74, 6) is -0.858. The number of rotatable bonds is 54. The number of hydrogen-bond donors (Lipinski definition) is 2. The molecule has 0 saturated carbocycles. The van der Waals surface area contributed by atoms with Gasteiger partial charge in [-0.3, -0.25) is 18.6 Å². The van der Waals surface area contributed by atoms with Crippen molar-refractivity contribution >= 4 is 19.8 Å². The molecule has 2 unspecified atom stereocenters. The van der Waals surface area contributed by atoms with Crippen molar-refractivity contribution in [2.24, 2.45) is 5.73 Å². The Morgan fingerprint density at radius 1 is 0.449 bits per heavy atom.